The predicted molar refractivity (Wildman–Crippen MR) is 108 cm³/mol. The molecule has 6 nitrogen and oxygen atoms in total. The minimum absolute atomic E-state index is 0.00508. The minimum atomic E-state index is -0.561. The number of oxime groups is 1. The lowest BCUT2D eigenvalue weighted by atomic mass is 10.0. The number of carbonyl (C=O) groups is 1. The van der Waals surface area contributed by atoms with E-state index in [4.69, 9.17) is 16.4 Å². The summed E-state index contributed by atoms with van der Waals surface area (Å²) in [5.74, 6) is 0.00508. The highest BCUT2D eigenvalue weighted by molar-refractivity contribution is 6.34. The lowest BCUT2D eigenvalue weighted by molar-refractivity contribution is -0.141. The highest BCUT2D eigenvalue weighted by Gasteiger charge is 2.33. The number of halogens is 1. The summed E-state index contributed by atoms with van der Waals surface area (Å²) in [7, 11) is 0. The largest absolute Gasteiger partial charge is 0.382 e. The first-order valence-electron chi connectivity index (χ1n) is 9.59. The van der Waals surface area contributed by atoms with Crippen LogP contribution in [-0.2, 0) is 16.2 Å². The molecule has 0 saturated carbocycles. The third-order valence-corrected chi connectivity index (χ3v) is 5.47. The molecule has 1 aromatic heterocycles. The average molecular weight is 399 g/mol. The molecule has 0 aliphatic carbocycles. The molecule has 4 rings (SSSR count). The summed E-state index contributed by atoms with van der Waals surface area (Å²) in [4.78, 5) is 27.0. The van der Waals surface area contributed by atoms with Crippen molar-refractivity contribution >= 4 is 23.2 Å². The summed E-state index contributed by atoms with van der Waals surface area (Å²) < 4.78 is 0. The van der Waals surface area contributed by atoms with E-state index < -0.39 is 6.10 Å². The number of pyridine rings is 1. The van der Waals surface area contributed by atoms with Gasteiger partial charge in [-0.3, -0.25) is 14.7 Å². The monoisotopic (exact) mass is 398 g/mol. The van der Waals surface area contributed by atoms with E-state index in [9.17, 15) is 4.79 Å². The molecule has 1 amide bonds. The molecule has 0 spiro atoms. The number of amides is 1. The van der Waals surface area contributed by atoms with E-state index in [0.29, 0.717) is 18.0 Å². The summed E-state index contributed by atoms with van der Waals surface area (Å²) in [6, 6.07) is 13.5. The van der Waals surface area contributed by atoms with Gasteiger partial charge in [-0.2, -0.15) is 0 Å². The van der Waals surface area contributed by atoms with Crippen LogP contribution in [0.15, 0.2) is 53.8 Å². The van der Waals surface area contributed by atoms with Crippen LogP contribution in [0.2, 0.25) is 5.02 Å². The maximum atomic E-state index is 12.9. The maximum Gasteiger partial charge on any atom is 0.266 e. The van der Waals surface area contributed by atoms with Crippen LogP contribution in [0.3, 0.4) is 0 Å². The number of nitrogens with zero attached hydrogens (tertiary/aromatic N) is 4. The van der Waals surface area contributed by atoms with Crippen molar-refractivity contribution in [2.24, 2.45) is 5.16 Å². The van der Waals surface area contributed by atoms with E-state index in [2.05, 4.69) is 15.0 Å². The normalized spacial score (nSPS) is 20.4. The molecule has 0 N–H and O–H groups in total. The molecule has 28 heavy (non-hydrogen) atoms. The van der Waals surface area contributed by atoms with E-state index in [-0.39, 0.29) is 5.91 Å². The quantitative estimate of drug-likeness (QED) is 0.794. The van der Waals surface area contributed by atoms with Crippen molar-refractivity contribution < 1.29 is 9.63 Å². The van der Waals surface area contributed by atoms with E-state index in [1.165, 1.54) is 0 Å². The summed E-state index contributed by atoms with van der Waals surface area (Å²) in [6.07, 6.45) is 2.64. The van der Waals surface area contributed by atoms with Crippen LogP contribution in [-0.4, -0.2) is 58.7 Å². The van der Waals surface area contributed by atoms with Gasteiger partial charge >= 0.3 is 0 Å². The maximum absolute atomic E-state index is 12.9. The zero-order valence-electron chi connectivity index (χ0n) is 15.6. The van der Waals surface area contributed by atoms with Crippen LogP contribution in [0.25, 0.3) is 0 Å². The Morgan fingerprint density at radius 1 is 1.11 bits per heavy atom. The fraction of sp³-hybridized carbons (Fsp3) is 0.381. The molecule has 1 aromatic carbocycles. The van der Waals surface area contributed by atoms with Gasteiger partial charge in [-0.15, -0.1) is 0 Å². The Hall–Kier alpha value is -2.44. The number of carbonyl (C=O) groups excluding carboxylic acids is 1. The minimum Gasteiger partial charge on any atom is -0.382 e. The number of benzene rings is 1. The Kier molecular flexibility index (Phi) is 5.88. The van der Waals surface area contributed by atoms with E-state index in [0.717, 1.165) is 49.6 Å². The standard InChI is InChI=1S/C21H23ClN4O2/c22-18-8-2-1-7-17(18)19-14-20(28-24-19)21(27)26-11-5-10-25(12-13-26)15-16-6-3-4-9-23-16/h1-4,6-9,20H,5,10-15H2/t20-/m0/s1. The van der Waals surface area contributed by atoms with Crippen molar-refractivity contribution in [3.05, 3.63) is 64.9 Å². The zero-order valence-corrected chi connectivity index (χ0v) is 16.4. The summed E-state index contributed by atoms with van der Waals surface area (Å²) >= 11 is 6.24. The SMILES string of the molecule is O=C([C@@H]1CC(c2ccccc2Cl)=NO1)N1CCCN(Cc2ccccn2)CC1. The molecule has 146 valence electrons. The van der Waals surface area contributed by atoms with Crippen LogP contribution >= 0.6 is 11.6 Å². The van der Waals surface area contributed by atoms with Crippen molar-refractivity contribution in [3.8, 4) is 0 Å². The van der Waals surface area contributed by atoms with Gasteiger partial charge in [0, 0.05) is 55.9 Å². The van der Waals surface area contributed by atoms with Crippen LogP contribution in [0.5, 0.6) is 0 Å². The Morgan fingerprint density at radius 2 is 1.96 bits per heavy atom. The third-order valence-electron chi connectivity index (χ3n) is 5.14. The Bertz CT molecular complexity index is 858. The van der Waals surface area contributed by atoms with Gasteiger partial charge in [0.25, 0.3) is 5.91 Å². The topological polar surface area (TPSA) is 58.0 Å². The Morgan fingerprint density at radius 3 is 2.79 bits per heavy atom. The second kappa shape index (κ2) is 8.71. The summed E-state index contributed by atoms with van der Waals surface area (Å²) in [6.45, 7) is 4.01. The molecular formula is C21H23ClN4O2. The highest BCUT2D eigenvalue weighted by Crippen LogP contribution is 2.24. The second-order valence-electron chi connectivity index (χ2n) is 7.09. The van der Waals surface area contributed by atoms with E-state index in [1.807, 2.05) is 53.6 Å². The molecule has 1 atom stereocenters. The first kappa shape index (κ1) is 18.9. The second-order valence-corrected chi connectivity index (χ2v) is 7.50. The Balaban J connectivity index is 1.33. The first-order chi connectivity index (χ1) is 13.7. The summed E-state index contributed by atoms with van der Waals surface area (Å²) in [5.41, 5.74) is 2.62. The lowest BCUT2D eigenvalue weighted by Crippen LogP contribution is -2.41. The van der Waals surface area contributed by atoms with Gasteiger partial charge in [-0.05, 0) is 24.6 Å². The zero-order chi connectivity index (χ0) is 19.3. The van der Waals surface area contributed by atoms with Gasteiger partial charge < -0.3 is 9.74 Å². The van der Waals surface area contributed by atoms with Crippen molar-refractivity contribution in [1.29, 1.82) is 0 Å². The van der Waals surface area contributed by atoms with E-state index >= 15 is 0 Å². The molecule has 2 aromatic rings. The van der Waals surface area contributed by atoms with Gasteiger partial charge in [0.05, 0.1) is 11.4 Å². The molecular weight excluding hydrogens is 376 g/mol. The molecule has 2 aliphatic rings. The molecule has 7 heteroatoms. The molecule has 0 bridgehead atoms. The molecule has 0 unspecified atom stereocenters. The number of hydrogen-bond donors (Lipinski definition) is 0. The first-order valence-corrected chi connectivity index (χ1v) is 9.97. The van der Waals surface area contributed by atoms with Crippen LogP contribution < -0.4 is 0 Å². The molecule has 3 heterocycles. The van der Waals surface area contributed by atoms with Crippen molar-refractivity contribution in [1.82, 2.24) is 14.8 Å². The third kappa shape index (κ3) is 4.34. The van der Waals surface area contributed by atoms with E-state index in [1.54, 1.807) is 0 Å². The van der Waals surface area contributed by atoms with Gasteiger partial charge in [-0.1, -0.05) is 41.0 Å². The number of aromatic nitrogens is 1. The molecule has 1 saturated heterocycles. The van der Waals surface area contributed by atoms with Crippen LogP contribution in [0, 0.1) is 0 Å². The number of hydrogen-bond acceptors (Lipinski definition) is 5. The smallest absolute Gasteiger partial charge is 0.266 e. The molecule has 2 aliphatic heterocycles. The number of rotatable bonds is 4. The van der Waals surface area contributed by atoms with Crippen molar-refractivity contribution in [2.75, 3.05) is 26.2 Å². The van der Waals surface area contributed by atoms with Gasteiger partial charge in [-0.25, -0.2) is 0 Å². The molecule has 1 fully saturated rings. The predicted octanol–water partition coefficient (Wildman–Crippen LogP) is 2.96. The Labute approximate surface area is 169 Å². The van der Waals surface area contributed by atoms with Gasteiger partial charge in [0.2, 0.25) is 6.10 Å². The average Bonchev–Trinajstić information content (AvgIpc) is 3.09. The lowest BCUT2D eigenvalue weighted by Gasteiger charge is -2.23. The molecule has 0 radical (unpaired) electrons. The van der Waals surface area contributed by atoms with Gasteiger partial charge in [0.1, 0.15) is 0 Å². The van der Waals surface area contributed by atoms with Crippen molar-refractivity contribution in [2.45, 2.75) is 25.5 Å². The van der Waals surface area contributed by atoms with Crippen molar-refractivity contribution in [3.63, 3.8) is 0 Å². The highest BCUT2D eigenvalue weighted by atomic mass is 35.5. The van der Waals surface area contributed by atoms with Gasteiger partial charge in [0.15, 0.2) is 0 Å². The fourth-order valence-electron chi connectivity index (χ4n) is 3.64. The van der Waals surface area contributed by atoms with Crippen LogP contribution in [0.4, 0.5) is 0 Å². The van der Waals surface area contributed by atoms with Crippen LogP contribution in [0.1, 0.15) is 24.1 Å². The fourth-order valence-corrected chi connectivity index (χ4v) is 3.88. The summed E-state index contributed by atoms with van der Waals surface area (Å²) in [5, 5.41) is 4.75.